The maximum Gasteiger partial charge on any atom is 0.308 e. The van der Waals surface area contributed by atoms with Crippen LogP contribution in [-0.2, 0) is 16.1 Å². The summed E-state index contributed by atoms with van der Waals surface area (Å²) in [6.45, 7) is 0.578. The lowest BCUT2D eigenvalue weighted by Crippen LogP contribution is -2.23. The fraction of sp³-hybridized carbons (Fsp3) is 0.346. The van der Waals surface area contributed by atoms with Crippen LogP contribution in [-0.4, -0.2) is 30.2 Å². The van der Waals surface area contributed by atoms with Gasteiger partial charge in [0.2, 0.25) is 0 Å². The van der Waals surface area contributed by atoms with Crippen molar-refractivity contribution in [3.05, 3.63) is 58.9 Å². The van der Waals surface area contributed by atoms with Gasteiger partial charge in [0.25, 0.3) is 0 Å². The van der Waals surface area contributed by atoms with Crippen molar-refractivity contribution in [3.8, 4) is 5.75 Å². The molecular weight excluding hydrogens is 470 g/mol. The van der Waals surface area contributed by atoms with E-state index in [1.165, 1.54) is 11.8 Å². The molecule has 2 aromatic carbocycles. The van der Waals surface area contributed by atoms with E-state index in [9.17, 15) is 4.79 Å². The Bertz CT molecular complexity index is 1350. The fourth-order valence-corrected chi connectivity index (χ4v) is 6.07. The molecule has 5 rings (SSSR count). The Labute approximate surface area is 207 Å². The van der Waals surface area contributed by atoms with Crippen LogP contribution in [0.5, 0.6) is 5.75 Å². The summed E-state index contributed by atoms with van der Waals surface area (Å²) in [6, 6.07) is 14.1. The summed E-state index contributed by atoms with van der Waals surface area (Å²) in [5.74, 6) is 2.43. The number of methoxy groups -OCH3 is 2. The molecule has 0 saturated heterocycles. The van der Waals surface area contributed by atoms with Crippen LogP contribution < -0.4 is 10.1 Å². The van der Waals surface area contributed by atoms with Gasteiger partial charge in [-0.15, -0.1) is 11.3 Å². The number of carbonyl (C=O) groups excluding carboxylic acids is 1. The Morgan fingerprint density at radius 1 is 1.12 bits per heavy atom. The lowest BCUT2D eigenvalue weighted by atomic mass is 9.81. The zero-order valence-corrected chi connectivity index (χ0v) is 20.7. The number of aromatic nitrogens is 2. The normalized spacial score (nSPS) is 18.2. The monoisotopic (exact) mass is 495 g/mol. The quantitative estimate of drug-likeness (QED) is 0.305. The first-order valence-electron chi connectivity index (χ1n) is 11.4. The van der Waals surface area contributed by atoms with Gasteiger partial charge >= 0.3 is 5.97 Å². The Morgan fingerprint density at radius 3 is 2.65 bits per heavy atom. The average Bonchev–Trinajstić information content (AvgIpc) is 3.25. The molecule has 0 amide bonds. The number of nitrogens with zero attached hydrogens (tertiary/aromatic N) is 2. The highest BCUT2D eigenvalue weighted by atomic mass is 35.5. The second-order valence-electron chi connectivity index (χ2n) is 8.60. The number of benzene rings is 2. The van der Waals surface area contributed by atoms with E-state index >= 15 is 0 Å². The number of rotatable bonds is 6. The smallest absolute Gasteiger partial charge is 0.308 e. The van der Waals surface area contributed by atoms with Gasteiger partial charge in [0.15, 0.2) is 0 Å². The standard InChI is InChI=1S/C26H26ClN3O3S/c1-32-20-12-7-15(13-19(20)27)14-28-24-22-18-5-3-4-6-21(18)34-25(22)30-23(29-24)16-8-10-17(11-9-16)26(31)33-2/h3-7,12-13,16-17H,8-11,14H2,1-2H3,(H,28,29,30). The van der Waals surface area contributed by atoms with Crippen molar-refractivity contribution in [2.45, 2.75) is 38.1 Å². The zero-order chi connectivity index (χ0) is 23.7. The minimum absolute atomic E-state index is 0.0216. The number of nitrogens with one attached hydrogen (secondary N) is 1. The second kappa shape index (κ2) is 9.76. The Morgan fingerprint density at radius 2 is 1.91 bits per heavy atom. The highest BCUT2D eigenvalue weighted by Crippen LogP contribution is 2.40. The first-order chi connectivity index (χ1) is 16.6. The maximum atomic E-state index is 11.9. The van der Waals surface area contributed by atoms with Gasteiger partial charge in [0, 0.05) is 22.5 Å². The van der Waals surface area contributed by atoms with Crippen molar-refractivity contribution in [2.24, 2.45) is 5.92 Å². The summed E-state index contributed by atoms with van der Waals surface area (Å²) < 4.78 is 11.4. The third kappa shape index (κ3) is 4.42. The number of ether oxygens (including phenoxy) is 2. The molecule has 2 aromatic heterocycles. The van der Waals surface area contributed by atoms with E-state index in [1.807, 2.05) is 30.3 Å². The van der Waals surface area contributed by atoms with Crippen molar-refractivity contribution in [2.75, 3.05) is 19.5 Å². The zero-order valence-electron chi connectivity index (χ0n) is 19.1. The molecule has 4 aromatic rings. The molecule has 0 radical (unpaired) electrons. The number of halogens is 1. The van der Waals surface area contributed by atoms with E-state index in [-0.39, 0.29) is 17.8 Å². The Hall–Kier alpha value is -2.90. The van der Waals surface area contributed by atoms with Crippen LogP contribution in [0.2, 0.25) is 5.02 Å². The van der Waals surface area contributed by atoms with Gasteiger partial charge in [-0.1, -0.05) is 35.9 Å². The van der Waals surface area contributed by atoms with Crippen LogP contribution in [0.4, 0.5) is 5.82 Å². The van der Waals surface area contributed by atoms with Gasteiger partial charge in [-0.3, -0.25) is 4.79 Å². The number of thiophene rings is 1. The van der Waals surface area contributed by atoms with E-state index in [2.05, 4.69) is 17.4 Å². The van der Waals surface area contributed by atoms with Crippen LogP contribution in [0, 0.1) is 5.92 Å². The van der Waals surface area contributed by atoms with Gasteiger partial charge in [0.05, 0.1) is 30.5 Å². The Balaban J connectivity index is 1.47. The van der Waals surface area contributed by atoms with Crippen LogP contribution in [0.15, 0.2) is 42.5 Å². The van der Waals surface area contributed by atoms with Crippen molar-refractivity contribution in [1.29, 1.82) is 0 Å². The molecule has 0 bridgehead atoms. The van der Waals surface area contributed by atoms with Gasteiger partial charge in [0.1, 0.15) is 22.2 Å². The molecule has 1 N–H and O–H groups in total. The molecule has 0 atom stereocenters. The summed E-state index contributed by atoms with van der Waals surface area (Å²) >= 11 is 8.02. The summed E-state index contributed by atoms with van der Waals surface area (Å²) in [5.41, 5.74) is 1.04. The molecule has 0 spiro atoms. The minimum atomic E-state index is -0.111. The molecule has 6 nitrogen and oxygen atoms in total. The van der Waals surface area contributed by atoms with Crippen LogP contribution in [0.3, 0.4) is 0 Å². The molecule has 176 valence electrons. The average molecular weight is 496 g/mol. The Kier molecular flexibility index (Phi) is 6.57. The third-order valence-electron chi connectivity index (χ3n) is 6.56. The van der Waals surface area contributed by atoms with Crippen molar-refractivity contribution in [1.82, 2.24) is 9.97 Å². The highest BCUT2D eigenvalue weighted by molar-refractivity contribution is 7.25. The van der Waals surface area contributed by atoms with E-state index in [0.29, 0.717) is 17.3 Å². The van der Waals surface area contributed by atoms with Gasteiger partial charge in [-0.25, -0.2) is 9.97 Å². The number of esters is 1. The van der Waals surface area contributed by atoms with Crippen molar-refractivity contribution < 1.29 is 14.3 Å². The van der Waals surface area contributed by atoms with E-state index in [4.69, 9.17) is 31.0 Å². The van der Waals surface area contributed by atoms with E-state index in [0.717, 1.165) is 58.5 Å². The highest BCUT2D eigenvalue weighted by Gasteiger charge is 2.30. The topological polar surface area (TPSA) is 73.3 Å². The van der Waals surface area contributed by atoms with Gasteiger partial charge in [-0.05, 0) is 49.4 Å². The largest absolute Gasteiger partial charge is 0.495 e. The van der Waals surface area contributed by atoms with Crippen LogP contribution >= 0.6 is 22.9 Å². The van der Waals surface area contributed by atoms with Crippen LogP contribution in [0.25, 0.3) is 20.3 Å². The lowest BCUT2D eigenvalue weighted by Gasteiger charge is -2.26. The summed E-state index contributed by atoms with van der Waals surface area (Å²) in [4.78, 5) is 22.9. The molecule has 2 heterocycles. The molecule has 1 saturated carbocycles. The summed E-state index contributed by atoms with van der Waals surface area (Å²) in [5, 5.41) is 6.33. The molecule has 1 aliphatic carbocycles. The van der Waals surface area contributed by atoms with E-state index in [1.54, 1.807) is 18.4 Å². The first-order valence-corrected chi connectivity index (χ1v) is 12.6. The van der Waals surface area contributed by atoms with Gasteiger partial charge < -0.3 is 14.8 Å². The SMILES string of the molecule is COC(=O)C1CCC(c2nc(NCc3ccc(OC)c(Cl)c3)c3c(n2)sc2ccccc23)CC1. The van der Waals surface area contributed by atoms with Crippen molar-refractivity contribution in [3.63, 3.8) is 0 Å². The molecular formula is C26H26ClN3O3S. The van der Waals surface area contributed by atoms with E-state index < -0.39 is 0 Å². The minimum Gasteiger partial charge on any atom is -0.495 e. The number of anilines is 1. The maximum absolute atomic E-state index is 11.9. The van der Waals surface area contributed by atoms with Crippen molar-refractivity contribution >= 4 is 55.0 Å². The van der Waals surface area contributed by atoms with Crippen LogP contribution in [0.1, 0.15) is 43.0 Å². The number of carbonyl (C=O) groups is 1. The predicted molar refractivity (Wildman–Crippen MR) is 137 cm³/mol. The molecule has 1 aliphatic rings. The van der Waals surface area contributed by atoms with Gasteiger partial charge in [-0.2, -0.15) is 0 Å². The number of hydrogen-bond acceptors (Lipinski definition) is 7. The number of fused-ring (bicyclic) bond motifs is 3. The number of hydrogen-bond donors (Lipinski definition) is 1. The second-order valence-corrected chi connectivity index (χ2v) is 10.0. The molecule has 1 fully saturated rings. The summed E-state index contributed by atoms with van der Waals surface area (Å²) in [7, 11) is 3.07. The molecule has 0 aliphatic heterocycles. The lowest BCUT2D eigenvalue weighted by molar-refractivity contribution is -0.146. The summed E-state index contributed by atoms with van der Waals surface area (Å²) in [6.07, 6.45) is 3.36. The fourth-order valence-electron chi connectivity index (χ4n) is 4.71. The third-order valence-corrected chi connectivity index (χ3v) is 7.92. The molecule has 8 heteroatoms. The first kappa shape index (κ1) is 22.9. The molecule has 34 heavy (non-hydrogen) atoms. The predicted octanol–water partition coefficient (Wildman–Crippen LogP) is 6.57. The molecule has 0 unspecified atom stereocenters.